The van der Waals surface area contributed by atoms with Crippen LogP contribution >= 0.6 is 11.6 Å². The van der Waals surface area contributed by atoms with E-state index in [2.05, 4.69) is 54.5 Å². The molecule has 5 saturated carbocycles. The van der Waals surface area contributed by atoms with Gasteiger partial charge in [0.2, 0.25) is 0 Å². The molecule has 2 N–H and O–H groups in total. The van der Waals surface area contributed by atoms with Crippen LogP contribution in [0.1, 0.15) is 158 Å². The van der Waals surface area contributed by atoms with E-state index >= 15 is 4.39 Å². The highest BCUT2D eigenvalue weighted by atomic mass is 35.5. The Bertz CT molecular complexity index is 1870. The Morgan fingerprint density at radius 2 is 1.80 bits per heavy atom. The van der Waals surface area contributed by atoms with Crippen molar-refractivity contribution in [1.29, 1.82) is 0 Å². The van der Waals surface area contributed by atoms with Crippen LogP contribution < -0.4 is 0 Å². The lowest BCUT2D eigenvalue weighted by Gasteiger charge is -2.60. The molecule has 59 heavy (non-hydrogen) atoms. The van der Waals surface area contributed by atoms with Gasteiger partial charge in [-0.15, -0.1) is 0 Å². The van der Waals surface area contributed by atoms with Gasteiger partial charge in [0.15, 0.2) is 5.78 Å². The summed E-state index contributed by atoms with van der Waals surface area (Å²) in [6, 6.07) is 10.4. The summed E-state index contributed by atoms with van der Waals surface area (Å²) in [6.45, 7) is 16.5. The summed E-state index contributed by atoms with van der Waals surface area (Å²) in [6.07, 6.45) is 11.7. The van der Waals surface area contributed by atoms with Gasteiger partial charge in [0.25, 0.3) is 0 Å². The third kappa shape index (κ3) is 8.96. The molecule has 10 unspecified atom stereocenters. The lowest BCUT2D eigenvalue weighted by Crippen LogP contribution is -2.58. The molecule has 2 aromatic carbocycles. The summed E-state index contributed by atoms with van der Waals surface area (Å²) in [5, 5.41) is 24.7. The van der Waals surface area contributed by atoms with Crippen molar-refractivity contribution in [3.63, 3.8) is 0 Å². The standard InChI is InChI=1S/C51H71ClFNO5/c1-31(2)38-19-14-33(4)24-47(38)59-48(57)54(29-35-16-17-36-27-43(35)49(36,5)6)30-51(58)23-21-42-39-20-15-34(25-37(55)18-13-32(3)10-9-22-50(42,51)7)26-40(39)46(56)28-41-44(52)11-8-12-45(41)53/h8,10-12,15,20,26,31,33,35-38,42-43,47,55,58H,9,13-14,16-19,21-25,27-30H2,1-7H3. The minimum absolute atomic E-state index is 0.151. The van der Waals surface area contributed by atoms with E-state index in [1.54, 1.807) is 12.1 Å². The fraction of sp³-hybridized carbons (Fsp3) is 0.686. The van der Waals surface area contributed by atoms with Crippen molar-refractivity contribution in [1.82, 2.24) is 4.90 Å². The molecule has 4 bridgehead atoms. The van der Waals surface area contributed by atoms with Crippen molar-refractivity contribution in [2.45, 2.75) is 162 Å². The fourth-order valence-electron chi connectivity index (χ4n) is 12.6. The molecule has 8 heteroatoms. The van der Waals surface area contributed by atoms with Crippen molar-refractivity contribution >= 4 is 23.5 Å². The average Bonchev–Trinajstić information content (AvgIpc) is 3.43. The first kappa shape index (κ1) is 44.3. The fourth-order valence-corrected chi connectivity index (χ4v) is 12.9. The predicted octanol–water partition coefficient (Wildman–Crippen LogP) is 11.9. The van der Waals surface area contributed by atoms with Crippen molar-refractivity contribution in [2.75, 3.05) is 13.1 Å². The molecule has 9 rings (SSSR count). The minimum atomic E-state index is -1.27. The molecular weight excluding hydrogens is 761 g/mol. The third-order valence-electron chi connectivity index (χ3n) is 16.8. The highest BCUT2D eigenvalue weighted by Crippen LogP contribution is 2.62. The molecular formula is C51H71ClFNO5. The first-order valence-corrected chi connectivity index (χ1v) is 23.4. The number of Topliss-reactive ketones (excluding diaryl/α,β-unsaturated/α-hetero) is 1. The number of aliphatic hydroxyl groups excluding tert-OH is 1. The number of nitrogens with zero attached hydrogens (tertiary/aromatic N) is 1. The largest absolute Gasteiger partial charge is 0.446 e. The van der Waals surface area contributed by atoms with E-state index in [-0.39, 0.29) is 52.9 Å². The number of halogens is 2. The quantitative estimate of drug-likeness (QED) is 0.194. The van der Waals surface area contributed by atoms with Crippen LogP contribution in [0.4, 0.5) is 9.18 Å². The molecule has 0 aromatic heterocycles. The topological polar surface area (TPSA) is 87.1 Å². The predicted molar refractivity (Wildman–Crippen MR) is 234 cm³/mol. The van der Waals surface area contributed by atoms with E-state index in [1.807, 2.05) is 23.1 Å². The van der Waals surface area contributed by atoms with E-state index in [9.17, 15) is 19.8 Å². The summed E-state index contributed by atoms with van der Waals surface area (Å²) in [5.41, 5.74) is 1.78. The third-order valence-corrected chi connectivity index (χ3v) is 17.1. The smallest absolute Gasteiger partial charge is 0.410 e. The number of aliphatic hydroxyl groups is 2. The summed E-state index contributed by atoms with van der Waals surface area (Å²) >= 11 is 6.46. The van der Waals surface area contributed by atoms with Gasteiger partial charge in [-0.05, 0) is 160 Å². The number of fused-ring (bicyclic) bond motifs is 10. The normalized spacial score (nSPS) is 34.3. The first-order valence-electron chi connectivity index (χ1n) is 23.0. The van der Waals surface area contributed by atoms with Gasteiger partial charge in [-0.1, -0.05) is 89.4 Å². The summed E-state index contributed by atoms with van der Waals surface area (Å²) < 4.78 is 21.8. The Labute approximate surface area is 358 Å². The monoisotopic (exact) mass is 832 g/mol. The zero-order valence-corrected chi connectivity index (χ0v) is 37.6. The van der Waals surface area contributed by atoms with Crippen LogP contribution in [-0.2, 0) is 17.6 Å². The van der Waals surface area contributed by atoms with Crippen molar-refractivity contribution in [3.05, 3.63) is 81.1 Å². The van der Waals surface area contributed by atoms with Crippen LogP contribution in [-0.4, -0.2) is 57.9 Å². The zero-order valence-electron chi connectivity index (χ0n) is 36.9. The van der Waals surface area contributed by atoms with Crippen molar-refractivity contribution < 1.29 is 28.9 Å². The van der Waals surface area contributed by atoms with Gasteiger partial charge in [0, 0.05) is 34.5 Å². The number of ketones is 1. The number of hydrogen-bond donors (Lipinski definition) is 2. The number of rotatable bonds is 9. The second kappa shape index (κ2) is 17.6. The number of carbonyl (C=O) groups excluding carboxylic acids is 2. The summed E-state index contributed by atoms with van der Waals surface area (Å²) in [5.74, 6) is 1.83. The van der Waals surface area contributed by atoms with Crippen LogP contribution in [0.2, 0.25) is 5.02 Å². The van der Waals surface area contributed by atoms with E-state index in [0.717, 1.165) is 49.1 Å². The molecule has 6 nitrogen and oxygen atoms in total. The van der Waals surface area contributed by atoms with Gasteiger partial charge in [-0.3, -0.25) is 4.79 Å². The van der Waals surface area contributed by atoms with Gasteiger partial charge in [-0.2, -0.15) is 0 Å². The number of hydrogen-bond acceptors (Lipinski definition) is 5. The van der Waals surface area contributed by atoms with Crippen LogP contribution in [0, 0.1) is 52.2 Å². The van der Waals surface area contributed by atoms with Crippen LogP contribution in [0.25, 0.3) is 0 Å². The Kier molecular flexibility index (Phi) is 13.2. The SMILES string of the molecule is CC1=CCCC2(C)C(CCC2(O)CN(CC2CCC3CC2C3(C)C)C(=O)OC2CC(C)CCC2C(C)C)c2ccc(cc2C(=O)Cc2c(F)cccc2Cl)CC(O)CC1. The van der Waals surface area contributed by atoms with E-state index in [1.165, 1.54) is 24.5 Å². The van der Waals surface area contributed by atoms with E-state index in [0.29, 0.717) is 80.2 Å². The molecule has 324 valence electrons. The van der Waals surface area contributed by atoms with E-state index < -0.39 is 22.9 Å². The van der Waals surface area contributed by atoms with Gasteiger partial charge in [-0.25, -0.2) is 9.18 Å². The molecule has 0 radical (unpaired) electrons. The molecule has 2 aromatic rings. The van der Waals surface area contributed by atoms with Crippen molar-refractivity contribution in [3.8, 4) is 0 Å². The Morgan fingerprint density at radius 1 is 1.02 bits per heavy atom. The molecule has 5 fully saturated rings. The number of ether oxygens (including phenoxy) is 1. The maximum atomic E-state index is 15.1. The second-order valence-electron chi connectivity index (χ2n) is 21.1. The Hall–Kier alpha value is -2.74. The average molecular weight is 833 g/mol. The van der Waals surface area contributed by atoms with Crippen LogP contribution in [0.15, 0.2) is 48.0 Å². The minimum Gasteiger partial charge on any atom is -0.446 e. The molecule has 1 amide bonds. The molecule has 0 saturated heterocycles. The highest BCUT2D eigenvalue weighted by molar-refractivity contribution is 6.31. The number of allylic oxidation sites excluding steroid dienone is 2. The molecule has 0 aliphatic heterocycles. The van der Waals surface area contributed by atoms with Gasteiger partial charge in [0.05, 0.1) is 18.2 Å². The number of carbonyl (C=O) groups is 2. The first-order chi connectivity index (χ1) is 27.9. The second-order valence-corrected chi connectivity index (χ2v) is 21.5. The summed E-state index contributed by atoms with van der Waals surface area (Å²) in [4.78, 5) is 31.2. The van der Waals surface area contributed by atoms with Gasteiger partial charge < -0.3 is 19.8 Å². The zero-order chi connectivity index (χ0) is 42.4. The number of amides is 1. The molecule has 10 atom stereocenters. The maximum Gasteiger partial charge on any atom is 0.410 e. The van der Waals surface area contributed by atoms with Gasteiger partial charge in [0.1, 0.15) is 11.9 Å². The Balaban J connectivity index is 1.26. The Morgan fingerprint density at radius 3 is 2.51 bits per heavy atom. The van der Waals surface area contributed by atoms with Crippen LogP contribution in [0.3, 0.4) is 0 Å². The molecule has 0 spiro atoms. The number of benzene rings is 2. The molecule has 7 aliphatic carbocycles. The maximum absolute atomic E-state index is 15.1. The lowest BCUT2D eigenvalue weighted by atomic mass is 9.45. The highest BCUT2D eigenvalue weighted by Gasteiger charge is 2.59. The molecule has 7 aliphatic rings. The van der Waals surface area contributed by atoms with Gasteiger partial charge >= 0.3 is 6.09 Å². The molecule has 0 heterocycles. The lowest BCUT2D eigenvalue weighted by molar-refractivity contribution is -0.122. The van der Waals surface area contributed by atoms with Crippen molar-refractivity contribution in [2.24, 2.45) is 46.3 Å². The van der Waals surface area contributed by atoms with Crippen LogP contribution in [0.5, 0.6) is 0 Å². The van der Waals surface area contributed by atoms with E-state index in [4.69, 9.17) is 16.3 Å². The summed E-state index contributed by atoms with van der Waals surface area (Å²) in [7, 11) is 0.